The summed E-state index contributed by atoms with van der Waals surface area (Å²) in [5.41, 5.74) is 0.420. The summed E-state index contributed by atoms with van der Waals surface area (Å²) in [5, 5.41) is 0. The molecular formula is C15H21FN2O4. The molecule has 22 heavy (non-hydrogen) atoms. The standard InChI is InChI=1S/C15H21FN2O4/c1-17(9-5-6-14(19)22-4)15(20)18(2)11-7-8-13(21-3)12(16)10-11/h7-8,10H,5-6,9H2,1-4H3. The first kappa shape index (κ1) is 17.7. The van der Waals surface area contributed by atoms with Crippen molar-refractivity contribution in [1.82, 2.24) is 4.90 Å². The normalized spacial score (nSPS) is 10.0. The number of urea groups is 1. The van der Waals surface area contributed by atoms with E-state index in [4.69, 9.17) is 4.74 Å². The minimum absolute atomic E-state index is 0.121. The van der Waals surface area contributed by atoms with E-state index in [2.05, 4.69) is 4.74 Å². The van der Waals surface area contributed by atoms with E-state index in [1.807, 2.05) is 0 Å². The van der Waals surface area contributed by atoms with Gasteiger partial charge < -0.3 is 14.4 Å². The van der Waals surface area contributed by atoms with Crippen LogP contribution in [0.2, 0.25) is 0 Å². The fourth-order valence-electron chi connectivity index (χ4n) is 1.89. The number of amides is 2. The van der Waals surface area contributed by atoms with Gasteiger partial charge in [0.2, 0.25) is 0 Å². The number of hydrogen-bond donors (Lipinski definition) is 0. The molecule has 0 atom stereocenters. The minimum Gasteiger partial charge on any atom is -0.494 e. The van der Waals surface area contributed by atoms with E-state index in [0.717, 1.165) is 0 Å². The van der Waals surface area contributed by atoms with Gasteiger partial charge in [-0.15, -0.1) is 0 Å². The Morgan fingerprint density at radius 3 is 2.45 bits per heavy atom. The number of hydrogen-bond acceptors (Lipinski definition) is 4. The van der Waals surface area contributed by atoms with Gasteiger partial charge in [0.25, 0.3) is 0 Å². The molecule has 0 bridgehead atoms. The van der Waals surface area contributed by atoms with Gasteiger partial charge in [0.05, 0.1) is 14.2 Å². The van der Waals surface area contributed by atoms with Crippen LogP contribution in [0.5, 0.6) is 5.75 Å². The molecule has 0 aromatic heterocycles. The van der Waals surface area contributed by atoms with Crippen LogP contribution in [0.4, 0.5) is 14.9 Å². The van der Waals surface area contributed by atoms with Gasteiger partial charge in [-0.2, -0.15) is 0 Å². The summed E-state index contributed by atoms with van der Waals surface area (Å²) in [4.78, 5) is 26.1. The van der Waals surface area contributed by atoms with E-state index in [9.17, 15) is 14.0 Å². The van der Waals surface area contributed by atoms with E-state index in [1.165, 1.54) is 36.2 Å². The Bertz CT molecular complexity index is 536. The first-order chi connectivity index (χ1) is 10.4. The summed E-state index contributed by atoms with van der Waals surface area (Å²) in [5.74, 6) is -0.726. The molecule has 1 rings (SSSR count). The predicted molar refractivity (Wildman–Crippen MR) is 80.6 cm³/mol. The first-order valence-corrected chi connectivity index (χ1v) is 6.80. The van der Waals surface area contributed by atoms with Crippen molar-refractivity contribution in [3.8, 4) is 5.75 Å². The molecule has 0 radical (unpaired) electrons. The van der Waals surface area contributed by atoms with Crippen molar-refractivity contribution < 1.29 is 23.5 Å². The number of methoxy groups -OCH3 is 2. The van der Waals surface area contributed by atoms with Gasteiger partial charge in [0.15, 0.2) is 11.6 Å². The monoisotopic (exact) mass is 312 g/mol. The smallest absolute Gasteiger partial charge is 0.323 e. The van der Waals surface area contributed by atoms with Crippen LogP contribution in [0, 0.1) is 5.82 Å². The fourth-order valence-corrected chi connectivity index (χ4v) is 1.89. The molecule has 7 heteroatoms. The molecule has 0 unspecified atom stereocenters. The summed E-state index contributed by atoms with van der Waals surface area (Å²) in [6.07, 6.45) is 0.745. The molecule has 122 valence electrons. The lowest BCUT2D eigenvalue weighted by atomic mass is 10.2. The molecule has 0 aliphatic carbocycles. The Balaban J connectivity index is 2.63. The van der Waals surface area contributed by atoms with Crippen molar-refractivity contribution >= 4 is 17.7 Å². The lowest BCUT2D eigenvalue weighted by molar-refractivity contribution is -0.140. The molecule has 0 aliphatic heterocycles. The lowest BCUT2D eigenvalue weighted by Gasteiger charge is -2.25. The number of esters is 1. The Labute approximate surface area is 129 Å². The molecule has 6 nitrogen and oxygen atoms in total. The van der Waals surface area contributed by atoms with Gasteiger partial charge >= 0.3 is 12.0 Å². The van der Waals surface area contributed by atoms with Crippen LogP contribution in [0.25, 0.3) is 0 Å². The zero-order chi connectivity index (χ0) is 16.7. The van der Waals surface area contributed by atoms with Crippen LogP contribution in [-0.2, 0) is 9.53 Å². The fraction of sp³-hybridized carbons (Fsp3) is 0.467. The molecule has 1 aromatic rings. The number of benzene rings is 1. The maximum absolute atomic E-state index is 13.7. The molecule has 0 saturated heterocycles. The van der Waals surface area contributed by atoms with Crippen molar-refractivity contribution in [3.05, 3.63) is 24.0 Å². The van der Waals surface area contributed by atoms with Crippen LogP contribution < -0.4 is 9.64 Å². The average Bonchev–Trinajstić information content (AvgIpc) is 2.52. The molecule has 0 heterocycles. The van der Waals surface area contributed by atoms with E-state index < -0.39 is 5.82 Å². The van der Waals surface area contributed by atoms with Crippen LogP contribution in [-0.4, -0.2) is 51.8 Å². The molecule has 1 aromatic carbocycles. The third-order valence-electron chi connectivity index (χ3n) is 3.24. The van der Waals surface area contributed by atoms with Crippen LogP contribution >= 0.6 is 0 Å². The number of halogens is 1. The quantitative estimate of drug-likeness (QED) is 0.756. The topological polar surface area (TPSA) is 59.1 Å². The summed E-state index contributed by atoms with van der Waals surface area (Å²) in [6, 6.07) is 4.00. The maximum Gasteiger partial charge on any atom is 0.323 e. The number of carbonyl (C=O) groups excluding carboxylic acids is 2. The van der Waals surface area contributed by atoms with E-state index in [1.54, 1.807) is 20.2 Å². The van der Waals surface area contributed by atoms with Gasteiger partial charge in [0.1, 0.15) is 0 Å². The number of carbonyl (C=O) groups is 2. The third kappa shape index (κ3) is 4.61. The summed E-state index contributed by atoms with van der Waals surface area (Å²) in [6.45, 7) is 0.400. The number of ether oxygens (including phenoxy) is 2. The largest absolute Gasteiger partial charge is 0.494 e. The van der Waals surface area contributed by atoms with Crippen LogP contribution in [0.3, 0.4) is 0 Å². The van der Waals surface area contributed by atoms with Crippen molar-refractivity contribution in [1.29, 1.82) is 0 Å². The van der Waals surface area contributed by atoms with E-state index in [-0.39, 0.29) is 24.2 Å². The summed E-state index contributed by atoms with van der Waals surface area (Å²) < 4.78 is 23.1. The highest BCUT2D eigenvalue weighted by molar-refractivity contribution is 5.91. The van der Waals surface area contributed by atoms with Gasteiger partial charge in [-0.1, -0.05) is 0 Å². The minimum atomic E-state index is -0.534. The molecule has 0 spiro atoms. The Morgan fingerprint density at radius 1 is 1.23 bits per heavy atom. The molecule has 0 N–H and O–H groups in total. The van der Waals surface area contributed by atoms with Crippen LogP contribution in [0.15, 0.2) is 18.2 Å². The number of nitrogens with zero attached hydrogens (tertiary/aromatic N) is 2. The van der Waals surface area contributed by atoms with Gasteiger partial charge in [-0.05, 0) is 18.6 Å². The second-order valence-electron chi connectivity index (χ2n) is 4.76. The highest BCUT2D eigenvalue weighted by atomic mass is 19.1. The molecule has 2 amide bonds. The molecule has 0 aliphatic rings. The highest BCUT2D eigenvalue weighted by Crippen LogP contribution is 2.23. The van der Waals surface area contributed by atoms with E-state index >= 15 is 0 Å². The van der Waals surface area contributed by atoms with Gasteiger partial charge in [0, 0.05) is 38.8 Å². The second kappa shape index (κ2) is 8.21. The number of anilines is 1. The SMILES string of the molecule is COC(=O)CCCN(C)C(=O)N(C)c1ccc(OC)c(F)c1. The zero-order valence-electron chi connectivity index (χ0n) is 13.3. The molecule has 0 fully saturated rings. The lowest BCUT2D eigenvalue weighted by Crippen LogP contribution is -2.39. The Morgan fingerprint density at radius 2 is 1.91 bits per heavy atom. The van der Waals surface area contributed by atoms with Gasteiger partial charge in [-0.25, -0.2) is 9.18 Å². The van der Waals surface area contributed by atoms with E-state index in [0.29, 0.717) is 18.7 Å². The molecular weight excluding hydrogens is 291 g/mol. The Hall–Kier alpha value is -2.31. The van der Waals surface area contributed by atoms with Crippen molar-refractivity contribution in [2.24, 2.45) is 0 Å². The average molecular weight is 312 g/mol. The predicted octanol–water partition coefficient (Wildman–Crippen LogP) is 2.28. The third-order valence-corrected chi connectivity index (χ3v) is 3.24. The summed E-state index contributed by atoms with van der Waals surface area (Å²) in [7, 11) is 5.88. The maximum atomic E-state index is 13.7. The van der Waals surface area contributed by atoms with Crippen molar-refractivity contribution in [2.45, 2.75) is 12.8 Å². The second-order valence-corrected chi connectivity index (χ2v) is 4.76. The van der Waals surface area contributed by atoms with Gasteiger partial charge in [-0.3, -0.25) is 9.69 Å². The van der Waals surface area contributed by atoms with Crippen molar-refractivity contribution in [2.75, 3.05) is 39.8 Å². The van der Waals surface area contributed by atoms with Crippen molar-refractivity contribution in [3.63, 3.8) is 0 Å². The Kier molecular flexibility index (Phi) is 6.62. The zero-order valence-corrected chi connectivity index (χ0v) is 13.3. The summed E-state index contributed by atoms with van der Waals surface area (Å²) >= 11 is 0. The number of rotatable bonds is 6. The molecule has 0 saturated carbocycles. The van der Waals surface area contributed by atoms with Crippen LogP contribution in [0.1, 0.15) is 12.8 Å². The first-order valence-electron chi connectivity index (χ1n) is 6.80. The highest BCUT2D eigenvalue weighted by Gasteiger charge is 2.17.